The Bertz CT molecular complexity index is 377. The molecule has 0 radical (unpaired) electrons. The Labute approximate surface area is 115 Å². The number of rotatable bonds is 7. The van der Waals surface area contributed by atoms with Crippen LogP contribution < -0.4 is 5.32 Å². The van der Waals surface area contributed by atoms with Crippen LogP contribution in [0.3, 0.4) is 0 Å². The minimum Gasteiger partial charge on any atom is -0.380 e. The predicted molar refractivity (Wildman–Crippen MR) is 74.9 cm³/mol. The van der Waals surface area contributed by atoms with E-state index in [1.807, 2.05) is 25.6 Å². The first kappa shape index (κ1) is 15.5. The third-order valence-corrected chi connectivity index (χ3v) is 3.59. The molecule has 4 nitrogen and oxygen atoms in total. The average molecular weight is 274 g/mol. The molecule has 1 aromatic rings. The number of aromatic nitrogens is 2. The summed E-state index contributed by atoms with van der Waals surface area (Å²) in [5, 5.41) is 8.56. The topological polar surface area (TPSA) is 39.1 Å². The van der Waals surface area contributed by atoms with E-state index in [0.29, 0.717) is 18.5 Å². The Kier molecular flexibility index (Phi) is 6.12. The molecule has 0 fully saturated rings. The van der Waals surface area contributed by atoms with Gasteiger partial charge in [0.2, 0.25) is 0 Å². The molecule has 1 atom stereocenters. The van der Waals surface area contributed by atoms with Crippen LogP contribution in [0.2, 0.25) is 5.02 Å². The zero-order chi connectivity index (χ0) is 13.7. The number of hydrogen-bond donors (Lipinski definition) is 1. The van der Waals surface area contributed by atoms with Crippen molar-refractivity contribution in [2.75, 3.05) is 13.2 Å². The van der Waals surface area contributed by atoms with Crippen molar-refractivity contribution >= 4 is 11.6 Å². The van der Waals surface area contributed by atoms with Crippen LogP contribution in [0, 0.1) is 12.8 Å². The Morgan fingerprint density at radius 3 is 2.56 bits per heavy atom. The molecule has 0 saturated carbocycles. The van der Waals surface area contributed by atoms with Gasteiger partial charge in [-0.2, -0.15) is 5.10 Å². The molecular formula is C13H24ClN3O. The lowest BCUT2D eigenvalue weighted by Crippen LogP contribution is -2.38. The summed E-state index contributed by atoms with van der Waals surface area (Å²) in [7, 11) is 1.92. The highest BCUT2D eigenvalue weighted by Gasteiger charge is 2.16. The van der Waals surface area contributed by atoms with Crippen molar-refractivity contribution in [2.45, 2.75) is 40.3 Å². The summed E-state index contributed by atoms with van der Waals surface area (Å²) >= 11 is 6.23. The molecule has 1 unspecified atom stereocenters. The molecule has 1 N–H and O–H groups in total. The van der Waals surface area contributed by atoms with Crippen molar-refractivity contribution in [1.29, 1.82) is 0 Å². The second-order valence-electron chi connectivity index (χ2n) is 4.86. The minimum atomic E-state index is 0.330. The third kappa shape index (κ3) is 3.97. The lowest BCUT2D eigenvalue weighted by molar-refractivity contribution is 0.107. The molecule has 104 valence electrons. The molecule has 0 aliphatic rings. The minimum absolute atomic E-state index is 0.330. The van der Waals surface area contributed by atoms with Gasteiger partial charge in [-0.15, -0.1) is 0 Å². The van der Waals surface area contributed by atoms with Crippen LogP contribution in [0.1, 0.15) is 32.2 Å². The van der Waals surface area contributed by atoms with Gasteiger partial charge in [0, 0.05) is 26.2 Å². The van der Waals surface area contributed by atoms with E-state index in [9.17, 15) is 0 Å². The van der Waals surface area contributed by atoms with Crippen LogP contribution in [0.15, 0.2) is 0 Å². The number of ether oxygens (including phenoxy) is 1. The van der Waals surface area contributed by atoms with Crippen LogP contribution in [-0.4, -0.2) is 29.0 Å². The van der Waals surface area contributed by atoms with Gasteiger partial charge in [0.25, 0.3) is 0 Å². The molecule has 5 heteroatoms. The maximum atomic E-state index is 6.23. The molecule has 0 aliphatic heterocycles. The molecule has 1 aromatic heterocycles. The Morgan fingerprint density at radius 2 is 2.11 bits per heavy atom. The standard InChI is InChI=1S/C13H24ClN3O/c1-6-18-8-11(9(2)3)15-7-12-13(14)10(4)16-17(12)5/h9,11,15H,6-8H2,1-5H3. The second-order valence-corrected chi connectivity index (χ2v) is 5.24. The van der Waals surface area contributed by atoms with Crippen molar-refractivity contribution in [2.24, 2.45) is 13.0 Å². The van der Waals surface area contributed by atoms with Crippen molar-refractivity contribution in [3.05, 3.63) is 16.4 Å². The highest BCUT2D eigenvalue weighted by atomic mass is 35.5. The summed E-state index contributed by atoms with van der Waals surface area (Å²) in [6, 6.07) is 0.330. The van der Waals surface area contributed by atoms with Crippen LogP contribution in [0.5, 0.6) is 0 Å². The normalized spacial score (nSPS) is 13.3. The lowest BCUT2D eigenvalue weighted by atomic mass is 10.1. The second kappa shape index (κ2) is 7.12. The van der Waals surface area contributed by atoms with Crippen molar-refractivity contribution < 1.29 is 4.74 Å². The van der Waals surface area contributed by atoms with E-state index < -0.39 is 0 Å². The smallest absolute Gasteiger partial charge is 0.0860 e. The number of hydrogen-bond acceptors (Lipinski definition) is 3. The summed E-state index contributed by atoms with van der Waals surface area (Å²) in [6.45, 7) is 10.5. The summed E-state index contributed by atoms with van der Waals surface area (Å²) in [4.78, 5) is 0. The molecule has 18 heavy (non-hydrogen) atoms. The van der Waals surface area contributed by atoms with Crippen molar-refractivity contribution in [3.8, 4) is 0 Å². The number of halogens is 1. The maximum absolute atomic E-state index is 6.23. The van der Waals surface area contributed by atoms with E-state index in [1.165, 1.54) is 0 Å². The predicted octanol–water partition coefficient (Wildman–Crippen LogP) is 2.53. The van der Waals surface area contributed by atoms with Gasteiger partial charge in [-0.3, -0.25) is 4.68 Å². The van der Waals surface area contributed by atoms with Gasteiger partial charge in [-0.05, 0) is 19.8 Å². The number of nitrogens with one attached hydrogen (secondary N) is 1. The Balaban J connectivity index is 2.61. The SMILES string of the molecule is CCOCC(NCc1c(Cl)c(C)nn1C)C(C)C. The van der Waals surface area contributed by atoms with Crippen LogP contribution >= 0.6 is 11.6 Å². The van der Waals surface area contributed by atoms with Gasteiger partial charge in [0.05, 0.1) is 23.0 Å². The molecule has 0 aliphatic carbocycles. The van der Waals surface area contributed by atoms with E-state index in [2.05, 4.69) is 24.3 Å². The van der Waals surface area contributed by atoms with Crippen LogP contribution in [-0.2, 0) is 18.3 Å². The van der Waals surface area contributed by atoms with Crippen molar-refractivity contribution in [1.82, 2.24) is 15.1 Å². The highest BCUT2D eigenvalue weighted by molar-refractivity contribution is 6.31. The largest absolute Gasteiger partial charge is 0.380 e. The van der Waals surface area contributed by atoms with Gasteiger partial charge in [0.15, 0.2) is 0 Å². The first-order valence-corrected chi connectivity index (χ1v) is 6.84. The van der Waals surface area contributed by atoms with E-state index >= 15 is 0 Å². The molecule has 1 heterocycles. The summed E-state index contributed by atoms with van der Waals surface area (Å²) < 4.78 is 7.33. The molecule has 0 spiro atoms. The number of nitrogens with zero attached hydrogens (tertiary/aromatic N) is 2. The molecule has 0 saturated heterocycles. The summed E-state index contributed by atoms with van der Waals surface area (Å²) in [5.74, 6) is 0.518. The van der Waals surface area contributed by atoms with Crippen molar-refractivity contribution in [3.63, 3.8) is 0 Å². The van der Waals surface area contributed by atoms with E-state index in [4.69, 9.17) is 16.3 Å². The van der Waals surface area contributed by atoms with Gasteiger partial charge < -0.3 is 10.1 Å². The molecule has 0 amide bonds. The monoisotopic (exact) mass is 273 g/mol. The Morgan fingerprint density at radius 1 is 1.44 bits per heavy atom. The van der Waals surface area contributed by atoms with Crippen LogP contribution in [0.25, 0.3) is 0 Å². The molecule has 1 rings (SSSR count). The Hall–Kier alpha value is -0.580. The lowest BCUT2D eigenvalue weighted by Gasteiger charge is -2.22. The first-order chi connectivity index (χ1) is 8.47. The third-order valence-electron chi connectivity index (χ3n) is 3.10. The molecule has 0 aromatic carbocycles. The quantitative estimate of drug-likeness (QED) is 0.830. The fourth-order valence-corrected chi connectivity index (χ4v) is 2.06. The van der Waals surface area contributed by atoms with Gasteiger partial charge >= 0.3 is 0 Å². The zero-order valence-corrected chi connectivity index (χ0v) is 12.7. The summed E-state index contributed by atoms with van der Waals surface area (Å²) in [6.07, 6.45) is 0. The molecular weight excluding hydrogens is 250 g/mol. The fourth-order valence-electron chi connectivity index (χ4n) is 1.83. The van der Waals surface area contributed by atoms with E-state index in [0.717, 1.165) is 29.6 Å². The van der Waals surface area contributed by atoms with Crippen LogP contribution in [0.4, 0.5) is 0 Å². The van der Waals surface area contributed by atoms with E-state index in [1.54, 1.807) is 0 Å². The van der Waals surface area contributed by atoms with Gasteiger partial charge in [-0.25, -0.2) is 0 Å². The number of aryl methyl sites for hydroxylation is 2. The van der Waals surface area contributed by atoms with E-state index in [-0.39, 0.29) is 0 Å². The maximum Gasteiger partial charge on any atom is 0.0860 e. The first-order valence-electron chi connectivity index (χ1n) is 6.46. The molecule has 0 bridgehead atoms. The highest BCUT2D eigenvalue weighted by Crippen LogP contribution is 2.19. The summed E-state index contributed by atoms with van der Waals surface area (Å²) in [5.41, 5.74) is 1.90. The average Bonchev–Trinajstić information content (AvgIpc) is 2.54. The van der Waals surface area contributed by atoms with Gasteiger partial charge in [0.1, 0.15) is 0 Å². The van der Waals surface area contributed by atoms with Gasteiger partial charge in [-0.1, -0.05) is 25.4 Å². The zero-order valence-electron chi connectivity index (χ0n) is 12.0. The fraction of sp³-hybridized carbons (Fsp3) is 0.769.